The van der Waals surface area contributed by atoms with E-state index in [0.717, 1.165) is 24.8 Å². The summed E-state index contributed by atoms with van der Waals surface area (Å²) in [7, 11) is 0. The molecule has 0 bridgehead atoms. The summed E-state index contributed by atoms with van der Waals surface area (Å²) in [6.07, 6.45) is 2.97. The zero-order valence-electron chi connectivity index (χ0n) is 13.8. The highest BCUT2D eigenvalue weighted by atomic mass is 16.6. The van der Waals surface area contributed by atoms with Gasteiger partial charge in [0.25, 0.3) is 0 Å². The predicted octanol–water partition coefficient (Wildman–Crippen LogP) is 2.60. The third-order valence-electron chi connectivity index (χ3n) is 4.52. The fraction of sp³-hybridized carbons (Fsp3) is 0.412. The van der Waals surface area contributed by atoms with Crippen molar-refractivity contribution in [3.63, 3.8) is 0 Å². The highest BCUT2D eigenvalue weighted by molar-refractivity contribution is 5.76. The summed E-state index contributed by atoms with van der Waals surface area (Å²) in [5.74, 6) is -0.183. The molecular formula is C17H20N4O3. The first-order valence-corrected chi connectivity index (χ1v) is 8.03. The highest BCUT2D eigenvalue weighted by Gasteiger charge is 2.25. The lowest BCUT2D eigenvalue weighted by atomic mass is 9.88. The van der Waals surface area contributed by atoms with Crippen molar-refractivity contribution in [2.75, 3.05) is 0 Å². The van der Waals surface area contributed by atoms with E-state index in [4.69, 9.17) is 0 Å². The van der Waals surface area contributed by atoms with Crippen LogP contribution in [0, 0.1) is 24.0 Å². The Hall–Kier alpha value is -2.70. The van der Waals surface area contributed by atoms with Crippen molar-refractivity contribution in [2.45, 2.75) is 45.7 Å². The smallest absolute Gasteiger partial charge is 0.312 e. The summed E-state index contributed by atoms with van der Waals surface area (Å²) < 4.78 is 1.40. The Kier molecular flexibility index (Phi) is 4.33. The summed E-state index contributed by atoms with van der Waals surface area (Å²) in [6.45, 7) is 3.18. The minimum Gasteiger partial charge on any atom is -0.348 e. The first kappa shape index (κ1) is 16.2. The average molecular weight is 328 g/mol. The third-order valence-corrected chi connectivity index (χ3v) is 4.52. The molecule has 7 nitrogen and oxygen atoms in total. The number of nitrogens with one attached hydrogen (secondary N) is 1. The first-order chi connectivity index (χ1) is 11.5. The molecule has 1 amide bonds. The van der Waals surface area contributed by atoms with Gasteiger partial charge in [-0.2, -0.15) is 5.10 Å². The maximum Gasteiger partial charge on any atom is 0.312 e. The number of fused-ring (bicyclic) bond motifs is 1. The van der Waals surface area contributed by atoms with Gasteiger partial charge >= 0.3 is 5.69 Å². The molecule has 1 aliphatic rings. The number of rotatable bonds is 4. The fourth-order valence-corrected chi connectivity index (χ4v) is 3.39. The number of aromatic nitrogens is 2. The van der Waals surface area contributed by atoms with Crippen LogP contribution in [-0.4, -0.2) is 20.6 Å². The number of hydrogen-bond donors (Lipinski definition) is 1. The van der Waals surface area contributed by atoms with Crippen molar-refractivity contribution in [1.82, 2.24) is 15.1 Å². The third kappa shape index (κ3) is 3.02. The second-order valence-corrected chi connectivity index (χ2v) is 6.15. The number of amides is 1. The van der Waals surface area contributed by atoms with Gasteiger partial charge in [-0.05, 0) is 44.2 Å². The zero-order chi connectivity index (χ0) is 17.3. The van der Waals surface area contributed by atoms with Crippen LogP contribution in [0.5, 0.6) is 0 Å². The van der Waals surface area contributed by atoms with Crippen LogP contribution >= 0.6 is 0 Å². The molecule has 1 aliphatic carbocycles. The Balaban J connectivity index is 1.74. The molecule has 24 heavy (non-hydrogen) atoms. The van der Waals surface area contributed by atoms with Crippen LogP contribution in [0.3, 0.4) is 0 Å². The Morgan fingerprint density at radius 3 is 2.88 bits per heavy atom. The standard InChI is InChI=1S/C17H20N4O3/c1-11-17(21(23)24)12(2)20(19-11)10-16(22)18-15-9-5-7-13-6-3-4-8-14(13)15/h3-4,6,8,15H,5,7,9-10H2,1-2H3,(H,18,22)/t15-/m0/s1. The van der Waals surface area contributed by atoms with E-state index in [0.29, 0.717) is 11.4 Å². The second-order valence-electron chi connectivity index (χ2n) is 6.15. The summed E-state index contributed by atoms with van der Waals surface area (Å²) in [5, 5.41) is 18.2. The molecule has 0 radical (unpaired) electrons. The Morgan fingerprint density at radius 2 is 2.17 bits per heavy atom. The number of aryl methyl sites for hydroxylation is 2. The number of nitrogens with zero attached hydrogens (tertiary/aromatic N) is 3. The number of benzene rings is 1. The SMILES string of the molecule is Cc1nn(CC(=O)N[C@H]2CCCc3ccccc32)c(C)c1[N+](=O)[O-]. The zero-order valence-corrected chi connectivity index (χ0v) is 13.8. The molecule has 0 fully saturated rings. The van der Waals surface area contributed by atoms with Gasteiger partial charge in [0.2, 0.25) is 5.91 Å². The van der Waals surface area contributed by atoms with Crippen LogP contribution in [0.2, 0.25) is 0 Å². The summed E-state index contributed by atoms with van der Waals surface area (Å²) in [4.78, 5) is 23.0. The Morgan fingerprint density at radius 1 is 1.42 bits per heavy atom. The van der Waals surface area contributed by atoms with E-state index in [1.54, 1.807) is 13.8 Å². The van der Waals surface area contributed by atoms with Crippen LogP contribution in [0.4, 0.5) is 5.69 Å². The van der Waals surface area contributed by atoms with E-state index < -0.39 is 4.92 Å². The van der Waals surface area contributed by atoms with Crippen LogP contribution in [0.1, 0.15) is 41.4 Å². The van der Waals surface area contributed by atoms with Gasteiger partial charge in [-0.25, -0.2) is 0 Å². The minimum absolute atomic E-state index is 0.00518. The molecule has 1 N–H and O–H groups in total. The summed E-state index contributed by atoms with van der Waals surface area (Å²) in [6, 6.07) is 8.13. The van der Waals surface area contributed by atoms with Crippen LogP contribution in [-0.2, 0) is 17.8 Å². The molecule has 0 spiro atoms. The molecule has 0 aliphatic heterocycles. The van der Waals surface area contributed by atoms with Gasteiger partial charge in [0.15, 0.2) is 0 Å². The van der Waals surface area contributed by atoms with Crippen LogP contribution in [0.15, 0.2) is 24.3 Å². The van der Waals surface area contributed by atoms with Gasteiger partial charge in [0.05, 0.1) is 11.0 Å². The molecule has 1 aromatic carbocycles. The van der Waals surface area contributed by atoms with E-state index in [9.17, 15) is 14.9 Å². The number of carbonyl (C=O) groups excluding carboxylic acids is 1. The quantitative estimate of drug-likeness (QED) is 0.690. The highest BCUT2D eigenvalue weighted by Crippen LogP contribution is 2.29. The van der Waals surface area contributed by atoms with E-state index in [1.807, 2.05) is 18.2 Å². The van der Waals surface area contributed by atoms with Gasteiger partial charge in [0.1, 0.15) is 17.9 Å². The lowest BCUT2D eigenvalue weighted by Gasteiger charge is -2.26. The first-order valence-electron chi connectivity index (χ1n) is 8.03. The topological polar surface area (TPSA) is 90.1 Å². The monoisotopic (exact) mass is 328 g/mol. The van der Waals surface area contributed by atoms with Gasteiger partial charge in [-0.15, -0.1) is 0 Å². The lowest BCUT2D eigenvalue weighted by molar-refractivity contribution is -0.386. The number of hydrogen-bond acceptors (Lipinski definition) is 4. The average Bonchev–Trinajstić information content (AvgIpc) is 2.81. The summed E-state index contributed by atoms with van der Waals surface area (Å²) >= 11 is 0. The number of nitro groups is 1. The second kappa shape index (κ2) is 6.43. The molecule has 1 aromatic heterocycles. The van der Waals surface area contributed by atoms with E-state index in [1.165, 1.54) is 10.2 Å². The predicted molar refractivity (Wildman–Crippen MR) is 88.6 cm³/mol. The van der Waals surface area contributed by atoms with Crippen molar-refractivity contribution in [1.29, 1.82) is 0 Å². The molecule has 0 unspecified atom stereocenters. The van der Waals surface area contributed by atoms with E-state index in [2.05, 4.69) is 16.5 Å². The molecule has 1 heterocycles. The van der Waals surface area contributed by atoms with Crippen molar-refractivity contribution < 1.29 is 9.72 Å². The maximum absolute atomic E-state index is 12.4. The van der Waals surface area contributed by atoms with Crippen molar-refractivity contribution >= 4 is 11.6 Å². The maximum atomic E-state index is 12.4. The molecule has 2 aromatic rings. The fourth-order valence-electron chi connectivity index (χ4n) is 3.39. The molecule has 3 rings (SSSR count). The number of carbonyl (C=O) groups is 1. The minimum atomic E-state index is -0.455. The van der Waals surface area contributed by atoms with Crippen molar-refractivity contribution in [3.8, 4) is 0 Å². The molecular weight excluding hydrogens is 308 g/mol. The van der Waals surface area contributed by atoms with Gasteiger partial charge in [0, 0.05) is 0 Å². The molecule has 126 valence electrons. The summed E-state index contributed by atoms with van der Waals surface area (Å²) in [5.41, 5.74) is 3.14. The van der Waals surface area contributed by atoms with Gasteiger partial charge < -0.3 is 5.32 Å². The van der Waals surface area contributed by atoms with Crippen molar-refractivity contribution in [2.24, 2.45) is 0 Å². The van der Waals surface area contributed by atoms with Gasteiger partial charge in [-0.1, -0.05) is 24.3 Å². The van der Waals surface area contributed by atoms with Crippen molar-refractivity contribution in [3.05, 3.63) is 56.9 Å². The normalized spacial score (nSPS) is 16.5. The van der Waals surface area contributed by atoms with Crippen LogP contribution < -0.4 is 5.32 Å². The molecule has 1 atom stereocenters. The van der Waals surface area contributed by atoms with E-state index >= 15 is 0 Å². The Labute approximate surface area is 139 Å². The Bertz CT molecular complexity index is 797. The molecule has 0 saturated heterocycles. The largest absolute Gasteiger partial charge is 0.348 e. The molecule has 0 saturated carbocycles. The van der Waals surface area contributed by atoms with Gasteiger partial charge in [-0.3, -0.25) is 19.6 Å². The van der Waals surface area contributed by atoms with Crippen LogP contribution in [0.25, 0.3) is 0 Å². The molecule has 7 heteroatoms. The lowest BCUT2D eigenvalue weighted by Crippen LogP contribution is -2.33. The van der Waals surface area contributed by atoms with E-state index in [-0.39, 0.29) is 24.2 Å².